The zero-order chi connectivity index (χ0) is 23.6. The average Bonchev–Trinajstić information content (AvgIpc) is 2.64. The van der Waals surface area contributed by atoms with E-state index in [1.54, 1.807) is 0 Å². The van der Waals surface area contributed by atoms with Gasteiger partial charge in [0.2, 0.25) is 15.8 Å². The van der Waals surface area contributed by atoms with E-state index in [0.29, 0.717) is 0 Å². The third-order valence-corrected chi connectivity index (χ3v) is 10.6. The highest BCUT2D eigenvalue weighted by Gasteiger charge is 2.54. The molecule has 0 bridgehead atoms. The van der Waals surface area contributed by atoms with Crippen molar-refractivity contribution < 1.29 is 30.0 Å². The van der Waals surface area contributed by atoms with Gasteiger partial charge in [0.1, 0.15) is 5.69 Å². The van der Waals surface area contributed by atoms with Gasteiger partial charge >= 0.3 is 0 Å². The lowest BCUT2D eigenvalue weighted by molar-refractivity contribution is 0.0974. The molecule has 1 aromatic heterocycles. The number of carbonyl (C=O) groups is 1. The molecule has 1 unspecified atom stereocenters. The van der Waals surface area contributed by atoms with Gasteiger partial charge in [-0.1, -0.05) is 18.2 Å². The van der Waals surface area contributed by atoms with Crippen LogP contribution in [0, 0.1) is 0 Å². The number of anilines is 1. The van der Waals surface area contributed by atoms with Gasteiger partial charge < -0.3 is 0 Å². The highest BCUT2D eigenvalue weighted by atomic mass is 32.2. The number of hydrogen-bond donors (Lipinski definition) is 0. The van der Waals surface area contributed by atoms with Crippen LogP contribution in [0.1, 0.15) is 40.7 Å². The van der Waals surface area contributed by atoms with E-state index in [-0.39, 0.29) is 22.5 Å². The minimum absolute atomic E-state index is 0.0614. The Bertz CT molecular complexity index is 1410. The molecule has 168 valence electrons. The Morgan fingerprint density at radius 2 is 1.65 bits per heavy atom. The fourth-order valence-electron chi connectivity index (χ4n) is 3.69. The standard InChI is InChI=1S/C19H22N2O7S3/c1-19(2)13-9-7-11-20-15(13)16(22)18(31(19,27)28)12-8-6-10-14(17(12)29(4,23)24)21(3)30(5,25)26/h6-11,18H,1-5H3. The van der Waals surface area contributed by atoms with Gasteiger partial charge in [-0.05, 0) is 31.5 Å². The zero-order valence-corrected chi connectivity index (χ0v) is 20.0. The summed E-state index contributed by atoms with van der Waals surface area (Å²) in [5.41, 5.74) is -0.379. The van der Waals surface area contributed by atoms with Crippen LogP contribution in [0.2, 0.25) is 0 Å². The fraction of sp³-hybridized carbons (Fsp3) is 0.368. The maximum Gasteiger partial charge on any atom is 0.232 e. The number of sulfonamides is 1. The first-order chi connectivity index (χ1) is 14.0. The Kier molecular flexibility index (Phi) is 5.35. The van der Waals surface area contributed by atoms with Crippen LogP contribution >= 0.6 is 0 Å². The molecule has 0 saturated heterocycles. The van der Waals surface area contributed by atoms with Crippen molar-refractivity contribution in [3.8, 4) is 0 Å². The number of rotatable bonds is 4. The first-order valence-electron chi connectivity index (χ1n) is 9.03. The van der Waals surface area contributed by atoms with Gasteiger partial charge in [-0.25, -0.2) is 25.3 Å². The van der Waals surface area contributed by atoms with Crippen molar-refractivity contribution in [2.45, 2.75) is 28.7 Å². The first-order valence-corrected chi connectivity index (χ1v) is 14.3. The second-order valence-electron chi connectivity index (χ2n) is 7.90. The molecule has 0 spiro atoms. The highest BCUT2D eigenvalue weighted by molar-refractivity contribution is 7.94. The molecule has 0 aliphatic carbocycles. The normalized spacial score (nSPS) is 20.2. The summed E-state index contributed by atoms with van der Waals surface area (Å²) in [6.45, 7) is 2.85. The summed E-state index contributed by atoms with van der Waals surface area (Å²) >= 11 is 0. The largest absolute Gasteiger partial charge is 0.291 e. The van der Waals surface area contributed by atoms with Gasteiger partial charge in [-0.3, -0.25) is 14.1 Å². The van der Waals surface area contributed by atoms with E-state index < -0.39 is 50.4 Å². The van der Waals surface area contributed by atoms with Crippen LogP contribution in [0.4, 0.5) is 5.69 Å². The molecule has 3 rings (SSSR count). The second-order valence-corrected chi connectivity index (χ2v) is 14.4. The molecule has 0 saturated carbocycles. The lowest BCUT2D eigenvalue weighted by Gasteiger charge is -2.36. The number of nitrogens with zero attached hydrogens (tertiary/aromatic N) is 2. The van der Waals surface area contributed by atoms with E-state index in [0.717, 1.165) is 23.9 Å². The van der Waals surface area contributed by atoms with E-state index in [1.165, 1.54) is 50.4 Å². The Labute approximate surface area is 182 Å². The molecule has 2 heterocycles. The quantitative estimate of drug-likeness (QED) is 0.634. The van der Waals surface area contributed by atoms with Gasteiger partial charge in [0.25, 0.3) is 0 Å². The number of carbonyl (C=O) groups excluding carboxylic acids is 1. The van der Waals surface area contributed by atoms with Crippen molar-refractivity contribution >= 4 is 41.2 Å². The van der Waals surface area contributed by atoms with Crippen LogP contribution in [0.3, 0.4) is 0 Å². The predicted octanol–water partition coefficient (Wildman–Crippen LogP) is 1.47. The van der Waals surface area contributed by atoms with Crippen LogP contribution < -0.4 is 4.31 Å². The number of aromatic nitrogens is 1. The van der Waals surface area contributed by atoms with Gasteiger partial charge in [0, 0.05) is 25.1 Å². The SMILES string of the molecule is CN(c1cccc(C2C(=O)c3ncccc3C(C)(C)S2(=O)=O)c1S(C)(=O)=O)S(C)(=O)=O. The lowest BCUT2D eigenvalue weighted by atomic mass is 9.94. The number of Topliss-reactive ketones (excluding diaryl/α,β-unsaturated/α-hetero) is 1. The van der Waals surface area contributed by atoms with Crippen LogP contribution in [0.5, 0.6) is 0 Å². The highest BCUT2D eigenvalue weighted by Crippen LogP contribution is 2.48. The maximum absolute atomic E-state index is 13.6. The Hall–Kier alpha value is -2.31. The van der Waals surface area contributed by atoms with Crippen molar-refractivity contribution in [3.63, 3.8) is 0 Å². The molecule has 1 aliphatic rings. The summed E-state index contributed by atoms with van der Waals surface area (Å²) in [5.74, 6) is -0.862. The Morgan fingerprint density at radius 1 is 1.03 bits per heavy atom. The number of benzene rings is 1. The molecule has 0 fully saturated rings. The Balaban J connectivity index is 2.45. The fourth-order valence-corrected chi connectivity index (χ4v) is 7.51. The number of hydrogen-bond acceptors (Lipinski definition) is 8. The van der Waals surface area contributed by atoms with E-state index >= 15 is 0 Å². The predicted molar refractivity (Wildman–Crippen MR) is 116 cm³/mol. The van der Waals surface area contributed by atoms with Crippen molar-refractivity contribution in [1.82, 2.24) is 4.98 Å². The molecule has 12 heteroatoms. The van der Waals surface area contributed by atoms with Crippen LogP contribution in [-0.2, 0) is 34.4 Å². The number of fused-ring (bicyclic) bond motifs is 1. The van der Waals surface area contributed by atoms with Crippen LogP contribution in [0.15, 0.2) is 41.4 Å². The average molecular weight is 487 g/mol. The number of pyridine rings is 1. The monoisotopic (exact) mass is 486 g/mol. The molecular weight excluding hydrogens is 464 g/mol. The molecule has 1 aromatic carbocycles. The van der Waals surface area contributed by atoms with E-state index in [4.69, 9.17) is 0 Å². The van der Waals surface area contributed by atoms with Gasteiger partial charge in [0.05, 0.1) is 21.6 Å². The summed E-state index contributed by atoms with van der Waals surface area (Å²) in [7, 11) is -11.2. The third kappa shape index (κ3) is 3.56. The molecule has 31 heavy (non-hydrogen) atoms. The zero-order valence-electron chi connectivity index (χ0n) is 17.5. The van der Waals surface area contributed by atoms with E-state index in [2.05, 4.69) is 4.98 Å². The Morgan fingerprint density at radius 3 is 2.19 bits per heavy atom. The molecule has 0 N–H and O–H groups in total. The van der Waals surface area contributed by atoms with E-state index in [1.807, 2.05) is 0 Å². The van der Waals surface area contributed by atoms with Crippen LogP contribution in [-0.4, -0.2) is 55.6 Å². The van der Waals surface area contributed by atoms with Gasteiger partial charge in [-0.15, -0.1) is 0 Å². The van der Waals surface area contributed by atoms with E-state index in [9.17, 15) is 30.0 Å². The molecule has 1 atom stereocenters. The topological polar surface area (TPSA) is 136 Å². The van der Waals surface area contributed by atoms with Crippen molar-refractivity contribution in [2.75, 3.05) is 23.9 Å². The molecule has 1 aliphatic heterocycles. The summed E-state index contributed by atoms with van der Waals surface area (Å²) < 4.78 is 76.0. The third-order valence-electron chi connectivity index (χ3n) is 5.46. The summed E-state index contributed by atoms with van der Waals surface area (Å²) in [6.07, 6.45) is 3.08. The molecule has 9 nitrogen and oxygen atoms in total. The second kappa shape index (κ2) is 7.10. The minimum Gasteiger partial charge on any atom is -0.291 e. The molecule has 2 aromatic rings. The minimum atomic E-state index is -4.30. The maximum atomic E-state index is 13.6. The van der Waals surface area contributed by atoms with Gasteiger partial charge in [0.15, 0.2) is 24.9 Å². The van der Waals surface area contributed by atoms with Crippen molar-refractivity contribution in [2.24, 2.45) is 0 Å². The van der Waals surface area contributed by atoms with Gasteiger partial charge in [-0.2, -0.15) is 0 Å². The van der Waals surface area contributed by atoms with Crippen molar-refractivity contribution in [1.29, 1.82) is 0 Å². The summed E-state index contributed by atoms with van der Waals surface area (Å²) in [4.78, 5) is 16.8. The number of sulfone groups is 2. The smallest absolute Gasteiger partial charge is 0.232 e. The summed E-state index contributed by atoms with van der Waals surface area (Å²) in [6, 6.07) is 6.82. The lowest BCUT2D eigenvalue weighted by Crippen LogP contribution is -2.43. The summed E-state index contributed by atoms with van der Waals surface area (Å²) in [5, 5.41) is -1.86. The first kappa shape index (κ1) is 23.4. The van der Waals surface area contributed by atoms with Crippen LogP contribution in [0.25, 0.3) is 0 Å². The molecule has 0 radical (unpaired) electrons. The molecule has 0 amide bonds. The van der Waals surface area contributed by atoms with Crippen molar-refractivity contribution in [3.05, 3.63) is 53.3 Å². The number of ketones is 1. The molecular formula is C19H22N2O7S3.